The molecule has 0 bridgehead atoms. The number of rotatable bonds is 8. The maximum absolute atomic E-state index is 12.8. The summed E-state index contributed by atoms with van der Waals surface area (Å²) in [5.41, 5.74) is 2.60. The number of esters is 1. The third kappa shape index (κ3) is 6.59. The average Bonchev–Trinajstić information content (AvgIpc) is 2.83. The molecule has 2 heterocycles. The number of benzene rings is 1. The Morgan fingerprint density at radius 1 is 1.09 bits per heavy atom. The molecule has 1 atom stereocenters. The zero-order valence-electron chi connectivity index (χ0n) is 19.2. The van der Waals surface area contributed by atoms with Crippen molar-refractivity contribution in [3.8, 4) is 0 Å². The Labute approximate surface area is 194 Å². The van der Waals surface area contributed by atoms with Gasteiger partial charge in [-0.25, -0.2) is 17.9 Å². The van der Waals surface area contributed by atoms with Gasteiger partial charge in [0.05, 0.1) is 30.2 Å². The molecule has 1 aliphatic heterocycles. The SMILES string of the molecule is COC(=O)c1ccc(CNS(=O)(=O)C(C)c2ccc(CN3CCN(C(C)=O)CC3)cc2)nc1. The number of nitrogens with zero attached hydrogens (tertiary/aromatic N) is 3. The van der Waals surface area contributed by atoms with Gasteiger partial charge in [0.25, 0.3) is 0 Å². The highest BCUT2D eigenvalue weighted by Crippen LogP contribution is 2.22. The van der Waals surface area contributed by atoms with Crippen LogP contribution in [0.4, 0.5) is 0 Å². The second-order valence-electron chi connectivity index (χ2n) is 8.06. The number of sulfonamides is 1. The molecule has 1 aromatic heterocycles. The summed E-state index contributed by atoms with van der Waals surface area (Å²) in [7, 11) is -2.34. The zero-order valence-corrected chi connectivity index (χ0v) is 20.0. The first-order valence-electron chi connectivity index (χ1n) is 10.8. The van der Waals surface area contributed by atoms with Crippen LogP contribution in [0.15, 0.2) is 42.6 Å². The van der Waals surface area contributed by atoms with E-state index in [1.165, 1.54) is 13.3 Å². The molecule has 178 valence electrons. The van der Waals surface area contributed by atoms with Crippen LogP contribution in [-0.4, -0.2) is 68.4 Å². The van der Waals surface area contributed by atoms with Gasteiger partial charge in [-0.1, -0.05) is 24.3 Å². The fourth-order valence-electron chi connectivity index (χ4n) is 3.62. The molecule has 1 saturated heterocycles. The topological polar surface area (TPSA) is 109 Å². The van der Waals surface area contributed by atoms with E-state index in [0.717, 1.165) is 38.3 Å². The molecule has 0 aliphatic carbocycles. The summed E-state index contributed by atoms with van der Waals surface area (Å²) in [5.74, 6) is -0.387. The number of hydrogen-bond donors (Lipinski definition) is 1. The Hall–Kier alpha value is -2.82. The number of hydrogen-bond acceptors (Lipinski definition) is 7. The number of ether oxygens (including phenoxy) is 1. The van der Waals surface area contributed by atoms with Gasteiger partial charge in [0.1, 0.15) is 0 Å². The molecular formula is C23H30N4O5S. The lowest BCUT2D eigenvalue weighted by Crippen LogP contribution is -2.47. The Kier molecular flexibility index (Phi) is 8.17. The number of methoxy groups -OCH3 is 1. The van der Waals surface area contributed by atoms with E-state index >= 15 is 0 Å². The first kappa shape index (κ1) is 24.8. The Bertz CT molecular complexity index is 1060. The van der Waals surface area contributed by atoms with Gasteiger partial charge in [-0.3, -0.25) is 14.7 Å². The molecular weight excluding hydrogens is 444 g/mol. The number of carbonyl (C=O) groups excluding carboxylic acids is 2. The Morgan fingerprint density at radius 2 is 1.76 bits per heavy atom. The number of piperazine rings is 1. The van der Waals surface area contributed by atoms with E-state index in [1.807, 2.05) is 29.2 Å². The summed E-state index contributed by atoms with van der Waals surface area (Å²) in [4.78, 5) is 31.2. The minimum absolute atomic E-state index is 0.0262. The van der Waals surface area contributed by atoms with Gasteiger partial charge < -0.3 is 9.64 Å². The smallest absolute Gasteiger partial charge is 0.339 e. The average molecular weight is 475 g/mol. The van der Waals surface area contributed by atoms with E-state index in [2.05, 4.69) is 19.3 Å². The highest BCUT2D eigenvalue weighted by atomic mass is 32.2. The lowest BCUT2D eigenvalue weighted by Gasteiger charge is -2.34. The molecule has 0 radical (unpaired) electrons. The van der Waals surface area contributed by atoms with Crippen LogP contribution in [0.2, 0.25) is 0 Å². The Morgan fingerprint density at radius 3 is 2.30 bits per heavy atom. The van der Waals surface area contributed by atoms with Crippen LogP contribution in [0, 0.1) is 0 Å². The number of pyridine rings is 1. The molecule has 33 heavy (non-hydrogen) atoms. The van der Waals surface area contributed by atoms with Crippen molar-refractivity contribution >= 4 is 21.9 Å². The molecule has 1 amide bonds. The summed E-state index contributed by atoms with van der Waals surface area (Å²) in [6, 6.07) is 10.7. The van der Waals surface area contributed by atoms with Crippen LogP contribution in [0.3, 0.4) is 0 Å². The van der Waals surface area contributed by atoms with Crippen LogP contribution in [0.1, 0.15) is 46.3 Å². The predicted octanol–water partition coefficient (Wildman–Crippen LogP) is 1.71. The summed E-state index contributed by atoms with van der Waals surface area (Å²) in [6.45, 7) is 7.14. The fourth-order valence-corrected chi connectivity index (χ4v) is 4.73. The summed E-state index contributed by atoms with van der Waals surface area (Å²) in [6.07, 6.45) is 1.36. The lowest BCUT2D eigenvalue weighted by atomic mass is 10.1. The maximum atomic E-state index is 12.8. The number of nitrogens with one attached hydrogen (secondary N) is 1. The summed E-state index contributed by atoms with van der Waals surface area (Å²) >= 11 is 0. The largest absolute Gasteiger partial charge is 0.465 e. The van der Waals surface area contributed by atoms with Crippen LogP contribution in [0.5, 0.6) is 0 Å². The molecule has 2 aromatic rings. The third-order valence-corrected chi connectivity index (χ3v) is 7.59. The first-order valence-corrected chi connectivity index (χ1v) is 12.3. The van der Waals surface area contributed by atoms with Gasteiger partial charge in [-0.2, -0.15) is 0 Å². The standard InChI is InChI=1S/C23H30N4O5S/c1-17(33(30,31)25-15-22-9-8-21(14-24-22)23(29)32-3)20-6-4-19(5-7-20)16-26-10-12-27(13-11-26)18(2)28/h4-9,14,17,25H,10-13,15-16H2,1-3H3. The van der Waals surface area contributed by atoms with Crippen molar-refractivity contribution in [1.82, 2.24) is 19.5 Å². The number of aromatic nitrogens is 1. The maximum Gasteiger partial charge on any atom is 0.339 e. The van der Waals surface area contributed by atoms with Crippen molar-refractivity contribution in [2.75, 3.05) is 33.3 Å². The fraction of sp³-hybridized carbons (Fsp3) is 0.435. The molecule has 0 spiro atoms. The van der Waals surface area contributed by atoms with Crippen molar-refractivity contribution in [2.45, 2.75) is 32.2 Å². The molecule has 1 unspecified atom stereocenters. The predicted molar refractivity (Wildman–Crippen MR) is 124 cm³/mol. The highest BCUT2D eigenvalue weighted by molar-refractivity contribution is 7.89. The van der Waals surface area contributed by atoms with Gasteiger partial charge in [0.15, 0.2) is 0 Å². The Balaban J connectivity index is 1.54. The monoisotopic (exact) mass is 474 g/mol. The van der Waals surface area contributed by atoms with Gasteiger partial charge in [-0.15, -0.1) is 0 Å². The molecule has 1 aromatic carbocycles. The van der Waals surface area contributed by atoms with Crippen LogP contribution in [0.25, 0.3) is 0 Å². The van der Waals surface area contributed by atoms with E-state index in [4.69, 9.17) is 0 Å². The van der Waals surface area contributed by atoms with E-state index in [0.29, 0.717) is 16.8 Å². The zero-order chi connectivity index (χ0) is 24.0. The van der Waals surface area contributed by atoms with Gasteiger partial charge in [-0.05, 0) is 30.2 Å². The second-order valence-corrected chi connectivity index (χ2v) is 10.1. The first-order chi connectivity index (χ1) is 15.7. The minimum Gasteiger partial charge on any atom is -0.465 e. The molecule has 10 heteroatoms. The number of amides is 1. The van der Waals surface area contributed by atoms with Crippen molar-refractivity contribution in [3.05, 3.63) is 65.0 Å². The van der Waals surface area contributed by atoms with Crippen LogP contribution in [-0.2, 0) is 32.6 Å². The second kappa shape index (κ2) is 10.9. The lowest BCUT2D eigenvalue weighted by molar-refractivity contribution is -0.130. The van der Waals surface area contributed by atoms with Gasteiger partial charge in [0, 0.05) is 45.8 Å². The van der Waals surface area contributed by atoms with Crippen LogP contribution < -0.4 is 4.72 Å². The third-order valence-electron chi connectivity index (χ3n) is 5.84. The summed E-state index contributed by atoms with van der Waals surface area (Å²) in [5, 5.41) is -0.736. The van der Waals surface area contributed by atoms with Crippen LogP contribution >= 0.6 is 0 Å². The van der Waals surface area contributed by atoms with Gasteiger partial charge in [0.2, 0.25) is 15.9 Å². The molecule has 1 aliphatic rings. The molecule has 9 nitrogen and oxygen atoms in total. The highest BCUT2D eigenvalue weighted by Gasteiger charge is 2.23. The van der Waals surface area contributed by atoms with Crippen molar-refractivity contribution in [1.29, 1.82) is 0 Å². The van der Waals surface area contributed by atoms with E-state index in [-0.39, 0.29) is 12.5 Å². The number of carbonyl (C=O) groups is 2. The van der Waals surface area contributed by atoms with Crippen molar-refractivity contribution in [3.63, 3.8) is 0 Å². The van der Waals surface area contributed by atoms with E-state index < -0.39 is 21.2 Å². The summed E-state index contributed by atoms with van der Waals surface area (Å²) < 4.78 is 32.7. The molecule has 3 rings (SSSR count). The quantitative estimate of drug-likeness (QED) is 0.580. The molecule has 1 N–H and O–H groups in total. The van der Waals surface area contributed by atoms with E-state index in [1.54, 1.807) is 26.0 Å². The molecule has 1 fully saturated rings. The van der Waals surface area contributed by atoms with Crippen molar-refractivity contribution in [2.24, 2.45) is 0 Å². The van der Waals surface area contributed by atoms with Crippen molar-refractivity contribution < 1.29 is 22.7 Å². The normalized spacial score (nSPS) is 15.8. The van der Waals surface area contributed by atoms with E-state index in [9.17, 15) is 18.0 Å². The molecule has 0 saturated carbocycles. The van der Waals surface area contributed by atoms with Gasteiger partial charge >= 0.3 is 5.97 Å². The minimum atomic E-state index is -3.63.